The fourth-order valence-electron chi connectivity index (χ4n) is 4.16. The van der Waals surface area contributed by atoms with Crippen molar-refractivity contribution in [2.24, 2.45) is 5.92 Å². The molecule has 1 aromatic rings. The topological polar surface area (TPSA) is 44.8 Å². The predicted octanol–water partition coefficient (Wildman–Crippen LogP) is 4.90. The fraction of sp³-hybridized carbons (Fsp3) is 0.696. The molecule has 1 saturated heterocycles. The van der Waals surface area contributed by atoms with Crippen molar-refractivity contribution >= 4 is 11.7 Å². The zero-order valence-electron chi connectivity index (χ0n) is 17.7. The molecule has 2 aliphatic rings. The minimum absolute atomic E-state index is 0.00464. The number of amides is 2. The molecule has 1 atom stereocenters. The lowest BCUT2D eigenvalue weighted by molar-refractivity contribution is 0.0140. The normalized spacial score (nSPS) is 20.1. The van der Waals surface area contributed by atoms with Crippen molar-refractivity contribution in [1.82, 2.24) is 9.80 Å². The van der Waals surface area contributed by atoms with Crippen molar-refractivity contribution in [2.75, 3.05) is 44.8 Å². The summed E-state index contributed by atoms with van der Waals surface area (Å²) in [5, 5.41) is 3.06. The van der Waals surface area contributed by atoms with Gasteiger partial charge < -0.3 is 15.0 Å². The minimum atomic E-state index is 0.00464. The Hall–Kier alpha value is -1.59. The van der Waals surface area contributed by atoms with Gasteiger partial charge in [0, 0.05) is 31.9 Å². The summed E-state index contributed by atoms with van der Waals surface area (Å²) >= 11 is 0. The summed E-state index contributed by atoms with van der Waals surface area (Å²) in [5.74, 6) is 1.32. The lowest BCUT2D eigenvalue weighted by Gasteiger charge is -2.23. The molecule has 0 spiro atoms. The summed E-state index contributed by atoms with van der Waals surface area (Å²) in [4.78, 5) is 16.9. The van der Waals surface area contributed by atoms with E-state index in [-0.39, 0.29) is 6.03 Å². The van der Waals surface area contributed by atoms with Gasteiger partial charge in [-0.1, -0.05) is 38.8 Å². The number of hydrogen-bond donors (Lipinski definition) is 1. The first-order chi connectivity index (χ1) is 13.7. The average molecular weight is 388 g/mol. The van der Waals surface area contributed by atoms with Crippen LogP contribution in [0.1, 0.15) is 63.9 Å². The maximum absolute atomic E-state index is 12.7. The largest absolute Gasteiger partial charge is 0.366 e. The average Bonchev–Trinajstić information content (AvgIpc) is 3.12. The molecule has 2 amide bonds. The highest BCUT2D eigenvalue weighted by Crippen LogP contribution is 2.25. The number of benzene rings is 1. The van der Waals surface area contributed by atoms with Gasteiger partial charge in [-0.25, -0.2) is 4.79 Å². The second-order valence-corrected chi connectivity index (χ2v) is 8.47. The third-order valence-corrected chi connectivity index (χ3v) is 6.32. The van der Waals surface area contributed by atoms with Crippen molar-refractivity contribution < 1.29 is 9.53 Å². The first kappa shape index (κ1) is 21.1. The summed E-state index contributed by atoms with van der Waals surface area (Å²) in [5.41, 5.74) is 2.20. The lowest BCUT2D eigenvalue weighted by atomic mass is 9.99. The molecule has 1 aliphatic carbocycles. The van der Waals surface area contributed by atoms with Gasteiger partial charge in [0.25, 0.3) is 0 Å². The molecule has 1 aromatic carbocycles. The van der Waals surface area contributed by atoms with Crippen LogP contribution in [0.5, 0.6) is 0 Å². The highest BCUT2D eigenvalue weighted by Gasteiger charge is 2.20. The number of carbonyl (C=O) groups excluding carboxylic acids is 1. The second kappa shape index (κ2) is 10.8. The molecule has 1 saturated carbocycles. The van der Waals surface area contributed by atoms with Crippen LogP contribution < -0.4 is 5.32 Å². The Kier molecular flexibility index (Phi) is 8.16. The van der Waals surface area contributed by atoms with Gasteiger partial charge in [-0.05, 0) is 55.2 Å². The number of carbonyl (C=O) groups is 1. The van der Waals surface area contributed by atoms with E-state index in [0.717, 1.165) is 57.2 Å². The van der Waals surface area contributed by atoms with Crippen LogP contribution in [-0.2, 0) is 4.74 Å². The molecule has 1 aliphatic heterocycles. The summed E-state index contributed by atoms with van der Waals surface area (Å²) < 4.78 is 5.95. The van der Waals surface area contributed by atoms with Crippen LogP contribution in [0.2, 0.25) is 0 Å². The molecule has 5 nitrogen and oxygen atoms in total. The first-order valence-electron chi connectivity index (χ1n) is 11.1. The van der Waals surface area contributed by atoms with Gasteiger partial charge in [-0.2, -0.15) is 0 Å². The Balaban J connectivity index is 1.40. The molecule has 1 N–H and O–H groups in total. The number of urea groups is 1. The van der Waals surface area contributed by atoms with E-state index in [2.05, 4.69) is 36.2 Å². The van der Waals surface area contributed by atoms with Crippen LogP contribution in [0.4, 0.5) is 10.5 Å². The van der Waals surface area contributed by atoms with E-state index in [1.165, 1.54) is 31.2 Å². The molecule has 0 radical (unpaired) electrons. The molecule has 28 heavy (non-hydrogen) atoms. The van der Waals surface area contributed by atoms with Crippen LogP contribution in [0.25, 0.3) is 0 Å². The van der Waals surface area contributed by atoms with E-state index >= 15 is 0 Å². The lowest BCUT2D eigenvalue weighted by Crippen LogP contribution is -2.38. The summed E-state index contributed by atoms with van der Waals surface area (Å²) in [7, 11) is 0. The maximum Gasteiger partial charge on any atom is 0.321 e. The molecule has 0 aromatic heterocycles. The zero-order chi connectivity index (χ0) is 19.8. The van der Waals surface area contributed by atoms with Crippen LogP contribution in [0.15, 0.2) is 24.3 Å². The van der Waals surface area contributed by atoms with Gasteiger partial charge in [0.05, 0.1) is 13.3 Å². The third-order valence-electron chi connectivity index (χ3n) is 6.32. The van der Waals surface area contributed by atoms with Crippen LogP contribution in [-0.4, -0.2) is 55.3 Å². The Morgan fingerprint density at radius 2 is 1.86 bits per heavy atom. The van der Waals surface area contributed by atoms with Gasteiger partial charge in [0.2, 0.25) is 0 Å². The van der Waals surface area contributed by atoms with E-state index < -0.39 is 0 Å². The Morgan fingerprint density at radius 3 is 2.57 bits per heavy atom. The summed E-state index contributed by atoms with van der Waals surface area (Å²) in [6.45, 7) is 9.45. The molecule has 3 rings (SSSR count). The summed E-state index contributed by atoms with van der Waals surface area (Å²) in [6.07, 6.45) is 7.50. The molecule has 156 valence electrons. The van der Waals surface area contributed by atoms with Gasteiger partial charge >= 0.3 is 6.03 Å². The van der Waals surface area contributed by atoms with E-state index in [1.54, 1.807) is 0 Å². The van der Waals surface area contributed by atoms with Gasteiger partial charge in [-0.3, -0.25) is 4.90 Å². The molecule has 1 unspecified atom stereocenters. The number of nitrogens with zero attached hydrogens (tertiary/aromatic N) is 2. The smallest absolute Gasteiger partial charge is 0.321 e. The second-order valence-electron chi connectivity index (χ2n) is 8.47. The van der Waals surface area contributed by atoms with Crippen molar-refractivity contribution in [2.45, 2.75) is 58.3 Å². The molecule has 2 fully saturated rings. The number of hydrogen-bond acceptors (Lipinski definition) is 3. The van der Waals surface area contributed by atoms with Crippen molar-refractivity contribution in [1.29, 1.82) is 0 Å². The monoisotopic (exact) mass is 387 g/mol. The molecule has 1 heterocycles. The van der Waals surface area contributed by atoms with Gasteiger partial charge in [-0.15, -0.1) is 0 Å². The zero-order valence-corrected chi connectivity index (χ0v) is 17.7. The Morgan fingerprint density at radius 1 is 1.11 bits per heavy atom. The SMILES string of the molecule is CCC(C)c1ccc(NC(=O)N2CCCN(COCC3CCCC3)CC2)cc1. The summed E-state index contributed by atoms with van der Waals surface area (Å²) in [6, 6.07) is 8.27. The number of anilines is 1. The van der Waals surface area contributed by atoms with Crippen molar-refractivity contribution in [3.63, 3.8) is 0 Å². The van der Waals surface area contributed by atoms with Crippen molar-refractivity contribution in [3.8, 4) is 0 Å². The van der Waals surface area contributed by atoms with E-state index in [0.29, 0.717) is 12.6 Å². The maximum atomic E-state index is 12.7. The minimum Gasteiger partial charge on any atom is -0.366 e. The highest BCUT2D eigenvalue weighted by atomic mass is 16.5. The van der Waals surface area contributed by atoms with E-state index in [4.69, 9.17) is 4.74 Å². The van der Waals surface area contributed by atoms with E-state index in [1.807, 2.05) is 17.0 Å². The number of ether oxygens (including phenoxy) is 1. The van der Waals surface area contributed by atoms with E-state index in [9.17, 15) is 4.79 Å². The van der Waals surface area contributed by atoms with Crippen LogP contribution >= 0.6 is 0 Å². The van der Waals surface area contributed by atoms with Gasteiger partial charge in [0.15, 0.2) is 0 Å². The standard InChI is InChI=1S/C23H37N3O2/c1-3-19(2)21-9-11-22(12-10-21)24-23(27)26-14-6-13-25(15-16-26)18-28-17-20-7-4-5-8-20/h9-12,19-20H,3-8,13-18H2,1-2H3,(H,24,27). The quantitative estimate of drug-likeness (QED) is 0.723. The first-order valence-corrected chi connectivity index (χ1v) is 11.1. The fourth-order valence-corrected chi connectivity index (χ4v) is 4.16. The third kappa shape index (κ3) is 6.21. The number of rotatable bonds is 7. The van der Waals surface area contributed by atoms with Crippen LogP contribution in [0, 0.1) is 5.92 Å². The molecular formula is C23H37N3O2. The molecule has 0 bridgehead atoms. The van der Waals surface area contributed by atoms with Gasteiger partial charge in [0.1, 0.15) is 0 Å². The van der Waals surface area contributed by atoms with Crippen LogP contribution in [0.3, 0.4) is 0 Å². The Bertz CT molecular complexity index is 598. The molecule has 5 heteroatoms. The van der Waals surface area contributed by atoms with Crippen molar-refractivity contribution in [3.05, 3.63) is 29.8 Å². The highest BCUT2D eigenvalue weighted by molar-refractivity contribution is 5.89. The molecular weight excluding hydrogens is 350 g/mol. The predicted molar refractivity (Wildman–Crippen MR) is 115 cm³/mol. The number of nitrogens with one attached hydrogen (secondary N) is 1. The Labute approximate surface area is 170 Å².